The normalized spacial score (nSPS) is 14.6. The molecule has 0 heterocycles. The maximum absolute atomic E-state index is 12.0. The predicted octanol–water partition coefficient (Wildman–Crippen LogP) is 4.11. The minimum Gasteiger partial charge on any atom is -0.483 e. The van der Waals surface area contributed by atoms with Crippen molar-refractivity contribution in [3.05, 3.63) is 41.0 Å². The number of hydrogen-bond acceptors (Lipinski definition) is 2. The molecule has 0 atom stereocenters. The number of benzene rings is 1. The van der Waals surface area contributed by atoms with Crippen LogP contribution in [0.4, 0.5) is 0 Å². The fourth-order valence-corrected chi connectivity index (χ4v) is 2.72. The number of rotatable bonds is 6. The first-order valence-electron chi connectivity index (χ1n) is 8.24. The maximum atomic E-state index is 12.0. The molecule has 1 aromatic carbocycles. The molecule has 0 unspecified atom stereocenters. The Balaban J connectivity index is 1.85. The van der Waals surface area contributed by atoms with Gasteiger partial charge in [-0.1, -0.05) is 37.6 Å². The zero-order valence-corrected chi connectivity index (χ0v) is 13.9. The molecule has 2 rings (SSSR count). The Morgan fingerprint density at radius 2 is 2.14 bits per heavy atom. The van der Waals surface area contributed by atoms with E-state index in [1.165, 1.54) is 18.4 Å². The van der Waals surface area contributed by atoms with Gasteiger partial charge in [0.15, 0.2) is 6.61 Å². The van der Waals surface area contributed by atoms with Crippen molar-refractivity contribution in [1.29, 1.82) is 0 Å². The van der Waals surface area contributed by atoms with Crippen LogP contribution in [0.5, 0.6) is 5.75 Å². The second-order valence-corrected chi connectivity index (χ2v) is 6.37. The molecular weight excluding hydrogens is 274 g/mol. The van der Waals surface area contributed by atoms with Gasteiger partial charge in [0.25, 0.3) is 5.91 Å². The lowest BCUT2D eigenvalue weighted by Crippen LogP contribution is -2.31. The molecule has 0 saturated carbocycles. The van der Waals surface area contributed by atoms with Crippen LogP contribution in [0, 0.1) is 6.92 Å². The molecule has 3 heteroatoms. The Hall–Kier alpha value is -1.77. The fraction of sp³-hybridized carbons (Fsp3) is 0.526. The first-order chi connectivity index (χ1) is 10.6. The van der Waals surface area contributed by atoms with Crippen LogP contribution in [0.2, 0.25) is 0 Å². The third-order valence-corrected chi connectivity index (χ3v) is 4.05. The van der Waals surface area contributed by atoms with Crippen molar-refractivity contribution < 1.29 is 9.53 Å². The number of nitrogens with one attached hydrogen (secondary N) is 1. The molecule has 0 spiro atoms. The quantitative estimate of drug-likeness (QED) is 0.803. The minimum absolute atomic E-state index is 0.0531. The lowest BCUT2D eigenvalue weighted by molar-refractivity contribution is -0.122. The lowest BCUT2D eigenvalue weighted by atomic mass is 10.00. The average molecular weight is 301 g/mol. The summed E-state index contributed by atoms with van der Waals surface area (Å²) in [5.74, 6) is 1.15. The molecule has 1 aliphatic rings. The fourth-order valence-electron chi connectivity index (χ4n) is 2.72. The average Bonchev–Trinajstić information content (AvgIpc) is 2.51. The van der Waals surface area contributed by atoms with Crippen LogP contribution >= 0.6 is 0 Å². The largest absolute Gasteiger partial charge is 0.483 e. The van der Waals surface area contributed by atoms with E-state index in [4.69, 9.17) is 4.74 Å². The van der Waals surface area contributed by atoms with E-state index in [-0.39, 0.29) is 12.5 Å². The Kier molecular flexibility index (Phi) is 6.05. The van der Waals surface area contributed by atoms with E-state index in [0.29, 0.717) is 12.5 Å². The highest BCUT2D eigenvalue weighted by Crippen LogP contribution is 2.27. The van der Waals surface area contributed by atoms with Crippen molar-refractivity contribution in [3.63, 3.8) is 0 Å². The van der Waals surface area contributed by atoms with Gasteiger partial charge in [-0.05, 0) is 55.7 Å². The van der Waals surface area contributed by atoms with E-state index in [2.05, 4.69) is 37.4 Å². The van der Waals surface area contributed by atoms with Gasteiger partial charge in [-0.15, -0.1) is 0 Å². The predicted molar refractivity (Wildman–Crippen MR) is 90.3 cm³/mol. The van der Waals surface area contributed by atoms with Gasteiger partial charge in [0.2, 0.25) is 0 Å². The van der Waals surface area contributed by atoms with Crippen molar-refractivity contribution >= 4 is 5.91 Å². The molecule has 1 aliphatic carbocycles. The standard InChI is InChI=1S/C19H27NO2/c1-14(2)17-10-9-15(3)11-18(17)22-13-19(21)20-12-16-7-5-4-6-8-16/h7,9-11,14H,4-6,8,12-13H2,1-3H3,(H,20,21). The summed E-state index contributed by atoms with van der Waals surface area (Å²) in [7, 11) is 0. The van der Waals surface area contributed by atoms with Crippen LogP contribution in [0.15, 0.2) is 29.8 Å². The summed E-state index contributed by atoms with van der Waals surface area (Å²) in [5.41, 5.74) is 3.64. The molecule has 3 nitrogen and oxygen atoms in total. The highest BCUT2D eigenvalue weighted by atomic mass is 16.5. The molecular formula is C19H27NO2. The van der Waals surface area contributed by atoms with Gasteiger partial charge in [-0.3, -0.25) is 4.79 Å². The van der Waals surface area contributed by atoms with Crippen LogP contribution in [0.3, 0.4) is 0 Å². The van der Waals surface area contributed by atoms with Gasteiger partial charge in [0, 0.05) is 6.54 Å². The Morgan fingerprint density at radius 1 is 1.32 bits per heavy atom. The van der Waals surface area contributed by atoms with Gasteiger partial charge in [-0.2, -0.15) is 0 Å². The van der Waals surface area contributed by atoms with E-state index < -0.39 is 0 Å². The van der Waals surface area contributed by atoms with Crippen LogP contribution in [-0.2, 0) is 4.79 Å². The van der Waals surface area contributed by atoms with Crippen molar-refractivity contribution in [2.75, 3.05) is 13.2 Å². The molecule has 1 N–H and O–H groups in total. The van der Waals surface area contributed by atoms with Crippen molar-refractivity contribution in [2.45, 2.75) is 52.4 Å². The van der Waals surface area contributed by atoms with Crippen molar-refractivity contribution in [2.24, 2.45) is 0 Å². The number of allylic oxidation sites excluding steroid dienone is 1. The summed E-state index contributed by atoms with van der Waals surface area (Å²) in [5, 5.41) is 2.95. The van der Waals surface area contributed by atoms with Crippen molar-refractivity contribution in [3.8, 4) is 5.75 Å². The molecule has 0 bridgehead atoms. The van der Waals surface area contributed by atoms with Crippen molar-refractivity contribution in [1.82, 2.24) is 5.32 Å². The van der Waals surface area contributed by atoms with Gasteiger partial charge >= 0.3 is 0 Å². The number of amides is 1. The summed E-state index contributed by atoms with van der Waals surface area (Å²) >= 11 is 0. The summed E-state index contributed by atoms with van der Waals surface area (Å²) in [6, 6.07) is 6.17. The summed E-state index contributed by atoms with van der Waals surface area (Å²) in [4.78, 5) is 12.0. The molecule has 1 amide bonds. The molecule has 0 aromatic heterocycles. The highest BCUT2D eigenvalue weighted by Gasteiger charge is 2.11. The molecule has 22 heavy (non-hydrogen) atoms. The van der Waals surface area contributed by atoms with E-state index in [0.717, 1.165) is 29.7 Å². The van der Waals surface area contributed by atoms with Gasteiger partial charge < -0.3 is 10.1 Å². The summed E-state index contributed by atoms with van der Waals surface area (Å²) in [6.45, 7) is 7.04. The number of hydrogen-bond donors (Lipinski definition) is 1. The number of carbonyl (C=O) groups is 1. The maximum Gasteiger partial charge on any atom is 0.258 e. The number of aryl methyl sites for hydroxylation is 1. The van der Waals surface area contributed by atoms with Crippen LogP contribution in [0.1, 0.15) is 56.6 Å². The topological polar surface area (TPSA) is 38.3 Å². The van der Waals surface area contributed by atoms with Crippen LogP contribution in [0.25, 0.3) is 0 Å². The zero-order chi connectivity index (χ0) is 15.9. The van der Waals surface area contributed by atoms with Gasteiger partial charge in [0.1, 0.15) is 5.75 Å². The Labute approximate surface area is 133 Å². The number of carbonyl (C=O) groups excluding carboxylic acids is 1. The van der Waals surface area contributed by atoms with E-state index >= 15 is 0 Å². The SMILES string of the molecule is Cc1ccc(C(C)C)c(OCC(=O)NCC2=CCCCC2)c1. The van der Waals surface area contributed by atoms with Gasteiger partial charge in [-0.25, -0.2) is 0 Å². The molecule has 0 saturated heterocycles. The van der Waals surface area contributed by atoms with E-state index in [1.54, 1.807) is 0 Å². The lowest BCUT2D eigenvalue weighted by Gasteiger charge is -2.16. The first kappa shape index (κ1) is 16.6. The first-order valence-corrected chi connectivity index (χ1v) is 8.24. The molecule has 0 radical (unpaired) electrons. The van der Waals surface area contributed by atoms with E-state index in [1.807, 2.05) is 13.0 Å². The molecule has 0 aliphatic heterocycles. The summed E-state index contributed by atoms with van der Waals surface area (Å²) < 4.78 is 5.75. The second kappa shape index (κ2) is 8.02. The third kappa shape index (κ3) is 4.90. The van der Waals surface area contributed by atoms with Gasteiger partial charge in [0.05, 0.1) is 0 Å². The highest BCUT2D eigenvalue weighted by molar-refractivity contribution is 5.77. The Morgan fingerprint density at radius 3 is 2.82 bits per heavy atom. The summed E-state index contributed by atoms with van der Waals surface area (Å²) in [6.07, 6.45) is 7.01. The monoisotopic (exact) mass is 301 g/mol. The van der Waals surface area contributed by atoms with E-state index in [9.17, 15) is 4.79 Å². The molecule has 0 fully saturated rings. The zero-order valence-electron chi connectivity index (χ0n) is 13.9. The number of ether oxygens (including phenoxy) is 1. The second-order valence-electron chi connectivity index (χ2n) is 6.37. The molecule has 1 aromatic rings. The third-order valence-electron chi connectivity index (χ3n) is 4.05. The Bertz CT molecular complexity index is 546. The smallest absolute Gasteiger partial charge is 0.258 e. The molecule has 120 valence electrons. The minimum atomic E-state index is -0.0531. The van der Waals surface area contributed by atoms with Crippen LogP contribution in [-0.4, -0.2) is 19.1 Å². The van der Waals surface area contributed by atoms with Crippen LogP contribution < -0.4 is 10.1 Å².